The summed E-state index contributed by atoms with van der Waals surface area (Å²) >= 11 is 0. The van der Waals surface area contributed by atoms with E-state index in [1.165, 1.54) is 0 Å². The van der Waals surface area contributed by atoms with E-state index in [0.29, 0.717) is 0 Å². The van der Waals surface area contributed by atoms with Crippen molar-refractivity contribution in [2.45, 2.75) is 12.5 Å². The van der Waals surface area contributed by atoms with Gasteiger partial charge in [-0.3, -0.25) is 9.69 Å². The molecular formula is C7H9N3O3. The maximum atomic E-state index is 11.2. The Labute approximate surface area is 74.7 Å². The zero-order valence-electron chi connectivity index (χ0n) is 6.86. The van der Waals surface area contributed by atoms with Crippen LogP contribution in [0.25, 0.3) is 0 Å². The van der Waals surface area contributed by atoms with E-state index in [4.69, 9.17) is 10.4 Å². The van der Waals surface area contributed by atoms with Crippen LogP contribution in [-0.2, 0) is 4.79 Å². The Bertz CT molecular complexity index is 271. The van der Waals surface area contributed by atoms with Crippen LogP contribution in [0.3, 0.4) is 0 Å². The van der Waals surface area contributed by atoms with E-state index in [0.717, 1.165) is 4.90 Å². The minimum absolute atomic E-state index is 0.0810. The van der Waals surface area contributed by atoms with Crippen molar-refractivity contribution in [1.82, 2.24) is 10.2 Å². The van der Waals surface area contributed by atoms with Gasteiger partial charge in [0, 0.05) is 6.54 Å². The summed E-state index contributed by atoms with van der Waals surface area (Å²) in [7, 11) is 0. The molecule has 6 nitrogen and oxygen atoms in total. The lowest BCUT2D eigenvalue weighted by Crippen LogP contribution is -2.33. The van der Waals surface area contributed by atoms with Gasteiger partial charge in [-0.25, -0.2) is 4.79 Å². The summed E-state index contributed by atoms with van der Waals surface area (Å²) in [5, 5.41) is 19.2. The number of nitriles is 1. The van der Waals surface area contributed by atoms with Crippen molar-refractivity contribution in [3.05, 3.63) is 0 Å². The third-order valence-corrected chi connectivity index (χ3v) is 1.74. The molecule has 3 amide bonds. The van der Waals surface area contributed by atoms with E-state index >= 15 is 0 Å². The molecule has 0 aliphatic carbocycles. The molecule has 1 rings (SSSR count). The Balaban J connectivity index is 2.60. The van der Waals surface area contributed by atoms with Crippen molar-refractivity contribution in [1.29, 1.82) is 5.26 Å². The molecular weight excluding hydrogens is 174 g/mol. The van der Waals surface area contributed by atoms with Gasteiger partial charge < -0.3 is 10.4 Å². The number of amides is 3. The number of hydrogen-bond donors (Lipinski definition) is 2. The number of hydrogen-bond acceptors (Lipinski definition) is 4. The van der Waals surface area contributed by atoms with Gasteiger partial charge in [0.2, 0.25) is 0 Å². The van der Waals surface area contributed by atoms with E-state index in [1.54, 1.807) is 0 Å². The number of urea groups is 1. The Morgan fingerprint density at radius 1 is 1.62 bits per heavy atom. The first-order valence-electron chi connectivity index (χ1n) is 3.80. The highest BCUT2D eigenvalue weighted by Crippen LogP contribution is 2.05. The molecule has 1 aliphatic rings. The minimum Gasteiger partial charge on any atom is -0.394 e. The number of nitrogens with one attached hydrogen (secondary N) is 1. The van der Waals surface area contributed by atoms with Crippen molar-refractivity contribution in [2.24, 2.45) is 0 Å². The van der Waals surface area contributed by atoms with Gasteiger partial charge in [0.1, 0.15) is 6.04 Å². The van der Waals surface area contributed by atoms with Gasteiger partial charge in [0.15, 0.2) is 0 Å². The van der Waals surface area contributed by atoms with Crippen LogP contribution in [0.2, 0.25) is 0 Å². The molecule has 0 unspecified atom stereocenters. The number of rotatable bonds is 3. The second-order valence-electron chi connectivity index (χ2n) is 2.58. The van der Waals surface area contributed by atoms with Crippen LogP contribution in [0.1, 0.15) is 6.42 Å². The fourth-order valence-corrected chi connectivity index (χ4v) is 1.07. The average molecular weight is 183 g/mol. The standard InChI is InChI=1S/C7H9N3O3/c8-2-1-3-10-6(12)5(4-11)9-7(10)13/h5,11H,1,3-4H2,(H,9,13)/t5-/m0/s1. The SMILES string of the molecule is N#CCCN1C(=O)N[C@@H](CO)C1=O. The summed E-state index contributed by atoms with van der Waals surface area (Å²) in [6, 6.07) is 0.448. The highest BCUT2D eigenvalue weighted by molar-refractivity contribution is 6.04. The molecule has 0 spiro atoms. The topological polar surface area (TPSA) is 93.4 Å². The van der Waals surface area contributed by atoms with E-state index in [1.807, 2.05) is 6.07 Å². The Kier molecular flexibility index (Phi) is 2.82. The molecule has 6 heteroatoms. The third-order valence-electron chi connectivity index (χ3n) is 1.74. The molecule has 0 aromatic heterocycles. The second kappa shape index (κ2) is 3.87. The molecule has 13 heavy (non-hydrogen) atoms. The van der Waals surface area contributed by atoms with Crippen LogP contribution in [0.4, 0.5) is 4.79 Å². The van der Waals surface area contributed by atoms with Gasteiger partial charge >= 0.3 is 6.03 Å². The first-order chi connectivity index (χ1) is 6.20. The lowest BCUT2D eigenvalue weighted by Gasteiger charge is -2.09. The fourth-order valence-electron chi connectivity index (χ4n) is 1.07. The van der Waals surface area contributed by atoms with Gasteiger partial charge in [-0.15, -0.1) is 0 Å². The number of carbonyl (C=O) groups excluding carboxylic acids is 2. The molecule has 1 saturated heterocycles. The minimum atomic E-state index is -0.841. The van der Waals surface area contributed by atoms with Crippen LogP contribution in [-0.4, -0.2) is 41.1 Å². The number of nitrogens with zero attached hydrogens (tertiary/aromatic N) is 2. The molecule has 0 bridgehead atoms. The Hall–Kier alpha value is -1.61. The zero-order valence-corrected chi connectivity index (χ0v) is 6.86. The number of aliphatic hydroxyl groups is 1. The quantitative estimate of drug-likeness (QED) is 0.538. The normalized spacial score (nSPS) is 21.5. The van der Waals surface area contributed by atoms with E-state index in [2.05, 4.69) is 5.32 Å². The lowest BCUT2D eigenvalue weighted by atomic mass is 10.3. The molecule has 1 atom stereocenters. The largest absolute Gasteiger partial charge is 0.394 e. The predicted molar refractivity (Wildman–Crippen MR) is 41.3 cm³/mol. The molecule has 0 radical (unpaired) electrons. The van der Waals surface area contributed by atoms with Crippen LogP contribution < -0.4 is 5.32 Å². The average Bonchev–Trinajstić information content (AvgIpc) is 2.39. The maximum absolute atomic E-state index is 11.2. The molecule has 0 saturated carbocycles. The number of imide groups is 1. The highest BCUT2D eigenvalue weighted by atomic mass is 16.3. The van der Waals surface area contributed by atoms with E-state index in [9.17, 15) is 9.59 Å². The molecule has 2 N–H and O–H groups in total. The van der Waals surface area contributed by atoms with Crippen LogP contribution in [0, 0.1) is 11.3 Å². The van der Waals surface area contributed by atoms with Crippen molar-refractivity contribution in [3.63, 3.8) is 0 Å². The Morgan fingerprint density at radius 2 is 2.31 bits per heavy atom. The summed E-state index contributed by atoms with van der Waals surface area (Å²) in [6.45, 7) is -0.328. The van der Waals surface area contributed by atoms with Crippen molar-refractivity contribution in [2.75, 3.05) is 13.2 Å². The van der Waals surface area contributed by atoms with Crippen LogP contribution >= 0.6 is 0 Å². The van der Waals surface area contributed by atoms with Crippen molar-refractivity contribution < 1.29 is 14.7 Å². The van der Waals surface area contributed by atoms with Gasteiger partial charge in [0.25, 0.3) is 5.91 Å². The summed E-state index contributed by atoms with van der Waals surface area (Å²) in [6.07, 6.45) is 0.108. The smallest absolute Gasteiger partial charge is 0.324 e. The molecule has 1 heterocycles. The maximum Gasteiger partial charge on any atom is 0.324 e. The number of aliphatic hydroxyl groups excluding tert-OH is 1. The first kappa shape index (κ1) is 9.48. The summed E-state index contributed by atoms with van der Waals surface area (Å²) in [4.78, 5) is 23.2. The van der Waals surface area contributed by atoms with Crippen molar-refractivity contribution >= 4 is 11.9 Å². The lowest BCUT2D eigenvalue weighted by molar-refractivity contribution is -0.128. The third kappa shape index (κ3) is 1.76. The van der Waals surface area contributed by atoms with Gasteiger partial charge in [0.05, 0.1) is 19.1 Å². The zero-order chi connectivity index (χ0) is 9.84. The van der Waals surface area contributed by atoms with Crippen LogP contribution in [0.5, 0.6) is 0 Å². The van der Waals surface area contributed by atoms with E-state index < -0.39 is 24.6 Å². The monoisotopic (exact) mass is 183 g/mol. The molecule has 0 aromatic rings. The Morgan fingerprint density at radius 3 is 2.77 bits per heavy atom. The summed E-state index contributed by atoms with van der Waals surface area (Å²) in [5.41, 5.74) is 0. The molecule has 1 fully saturated rings. The molecule has 1 aliphatic heterocycles. The fraction of sp³-hybridized carbons (Fsp3) is 0.571. The first-order valence-corrected chi connectivity index (χ1v) is 3.80. The summed E-state index contributed by atoms with van der Waals surface area (Å²) in [5.74, 6) is -0.470. The highest BCUT2D eigenvalue weighted by Gasteiger charge is 2.36. The van der Waals surface area contributed by atoms with Gasteiger partial charge in [-0.2, -0.15) is 5.26 Å². The molecule has 0 aromatic carbocycles. The van der Waals surface area contributed by atoms with Crippen molar-refractivity contribution in [3.8, 4) is 6.07 Å². The van der Waals surface area contributed by atoms with Gasteiger partial charge in [-0.05, 0) is 0 Å². The van der Waals surface area contributed by atoms with Gasteiger partial charge in [-0.1, -0.05) is 0 Å². The number of carbonyl (C=O) groups is 2. The van der Waals surface area contributed by atoms with E-state index in [-0.39, 0.29) is 13.0 Å². The molecule has 70 valence electrons. The van der Waals surface area contributed by atoms with Crippen LogP contribution in [0.15, 0.2) is 0 Å². The summed E-state index contributed by atoms with van der Waals surface area (Å²) < 4.78 is 0. The second-order valence-corrected chi connectivity index (χ2v) is 2.58. The predicted octanol–water partition coefficient (Wildman–Crippen LogP) is -1.19.